The largest absolute Gasteiger partial charge is 0.477 e. The van der Waals surface area contributed by atoms with Crippen LogP contribution in [0.15, 0.2) is 42.8 Å². The van der Waals surface area contributed by atoms with Crippen LogP contribution < -0.4 is 0 Å². The molecule has 1 aromatic rings. The van der Waals surface area contributed by atoms with Crippen LogP contribution in [0, 0.1) is 0 Å². The van der Waals surface area contributed by atoms with Crippen molar-refractivity contribution >= 4 is 5.91 Å². The Morgan fingerprint density at radius 2 is 2.16 bits per heavy atom. The lowest BCUT2D eigenvalue weighted by Gasteiger charge is -2.22. The monoisotopic (exact) mass is 259 g/mol. The number of ether oxygens (including phenoxy) is 1. The van der Waals surface area contributed by atoms with Crippen LogP contribution in [0.1, 0.15) is 31.7 Å². The predicted molar refractivity (Wildman–Crippen MR) is 75.4 cm³/mol. The Morgan fingerprint density at radius 3 is 2.84 bits per heavy atom. The number of rotatable bonds is 5. The summed E-state index contributed by atoms with van der Waals surface area (Å²) >= 11 is 0. The molecule has 19 heavy (non-hydrogen) atoms. The Hall–Kier alpha value is -1.77. The van der Waals surface area contributed by atoms with Gasteiger partial charge in [-0.2, -0.15) is 0 Å². The molecular weight excluding hydrogens is 238 g/mol. The van der Waals surface area contributed by atoms with Gasteiger partial charge in [0.2, 0.25) is 5.91 Å². The van der Waals surface area contributed by atoms with Gasteiger partial charge in [-0.3, -0.25) is 9.69 Å². The summed E-state index contributed by atoms with van der Waals surface area (Å²) in [4.78, 5) is 13.9. The normalized spacial score (nSPS) is 18.5. The fourth-order valence-corrected chi connectivity index (χ4v) is 2.37. The fourth-order valence-electron chi connectivity index (χ4n) is 2.37. The lowest BCUT2D eigenvalue weighted by atomic mass is 10.1. The number of amides is 1. The number of carbonyl (C=O) groups excluding carboxylic acids is 1. The highest BCUT2D eigenvalue weighted by atomic mass is 16.5. The van der Waals surface area contributed by atoms with Gasteiger partial charge in [0.25, 0.3) is 0 Å². The Balaban J connectivity index is 2.03. The molecule has 3 heteroatoms. The second kappa shape index (κ2) is 6.41. The molecule has 0 bridgehead atoms. The second-order valence-electron chi connectivity index (χ2n) is 4.92. The van der Waals surface area contributed by atoms with Crippen LogP contribution in [0.3, 0.4) is 0 Å². The van der Waals surface area contributed by atoms with Crippen molar-refractivity contribution in [2.75, 3.05) is 6.61 Å². The first-order valence-corrected chi connectivity index (χ1v) is 6.90. The van der Waals surface area contributed by atoms with Gasteiger partial charge in [-0.25, -0.2) is 0 Å². The third-order valence-electron chi connectivity index (χ3n) is 3.40. The zero-order valence-corrected chi connectivity index (χ0v) is 11.5. The highest BCUT2D eigenvalue weighted by Gasteiger charge is 2.33. The lowest BCUT2D eigenvalue weighted by molar-refractivity contribution is -0.130. The number of carbonyl (C=O) groups is 1. The molecule has 1 fully saturated rings. The summed E-state index contributed by atoms with van der Waals surface area (Å²) in [7, 11) is 0. The van der Waals surface area contributed by atoms with Crippen molar-refractivity contribution < 1.29 is 9.53 Å². The minimum Gasteiger partial charge on any atom is -0.477 e. The molecule has 0 saturated carbocycles. The molecule has 1 aliphatic rings. The minimum absolute atomic E-state index is 0.0826. The molecule has 1 aliphatic heterocycles. The van der Waals surface area contributed by atoms with Crippen molar-refractivity contribution in [2.45, 2.75) is 38.6 Å². The Morgan fingerprint density at radius 1 is 1.42 bits per heavy atom. The number of hydrogen-bond donors (Lipinski definition) is 0. The topological polar surface area (TPSA) is 29.5 Å². The number of unbranched alkanes of at least 4 members (excludes halogenated alkanes) is 1. The number of benzene rings is 1. The van der Waals surface area contributed by atoms with Crippen molar-refractivity contribution in [2.24, 2.45) is 0 Å². The summed E-state index contributed by atoms with van der Waals surface area (Å²) < 4.78 is 5.46. The van der Waals surface area contributed by atoms with E-state index in [0.717, 1.165) is 19.3 Å². The van der Waals surface area contributed by atoms with E-state index < -0.39 is 0 Å². The Bertz CT molecular complexity index is 441. The molecule has 0 radical (unpaired) electrons. The van der Waals surface area contributed by atoms with Crippen molar-refractivity contribution in [1.82, 2.24) is 4.90 Å². The van der Waals surface area contributed by atoms with Gasteiger partial charge in [0.15, 0.2) is 5.88 Å². The molecule has 1 aromatic carbocycles. The van der Waals surface area contributed by atoms with Gasteiger partial charge in [0.05, 0.1) is 6.04 Å². The van der Waals surface area contributed by atoms with E-state index >= 15 is 0 Å². The van der Waals surface area contributed by atoms with Crippen LogP contribution in [0.2, 0.25) is 0 Å². The van der Waals surface area contributed by atoms with Crippen LogP contribution in [0.25, 0.3) is 0 Å². The summed E-state index contributed by atoms with van der Waals surface area (Å²) in [6.07, 6.45) is 3.33. The van der Waals surface area contributed by atoms with E-state index in [9.17, 15) is 4.79 Å². The average molecular weight is 259 g/mol. The Kier molecular flexibility index (Phi) is 4.61. The van der Waals surface area contributed by atoms with Crippen molar-refractivity contribution in [3.8, 4) is 0 Å². The quantitative estimate of drug-likeness (QED) is 0.813. The molecule has 1 atom stereocenters. The maximum Gasteiger partial charge on any atom is 0.229 e. The summed E-state index contributed by atoms with van der Waals surface area (Å²) in [6, 6.07) is 10.3. The van der Waals surface area contributed by atoms with E-state index in [1.165, 1.54) is 5.56 Å². The fraction of sp³-hybridized carbons (Fsp3) is 0.438. The van der Waals surface area contributed by atoms with E-state index in [2.05, 4.69) is 25.6 Å². The zero-order valence-electron chi connectivity index (χ0n) is 11.5. The average Bonchev–Trinajstić information content (AvgIpc) is 2.78. The van der Waals surface area contributed by atoms with Gasteiger partial charge in [-0.05, 0) is 25.0 Å². The molecule has 1 heterocycles. The summed E-state index contributed by atoms with van der Waals surface area (Å²) in [5.41, 5.74) is 1.22. The molecular formula is C16H21NO2. The standard InChI is InChI=1S/C16H21NO2/c1-3-4-10-16(18)17-13(2)19-12-15(17)11-14-8-6-5-7-9-14/h5-9,15H,2-4,10-12H2,1H3/t15-/m0/s1. The SMILES string of the molecule is C=C1OC[C@H](Cc2ccccc2)N1C(=O)CCCC. The first-order valence-electron chi connectivity index (χ1n) is 6.90. The maximum atomic E-state index is 12.2. The molecule has 2 rings (SSSR count). The first-order chi connectivity index (χ1) is 9.22. The molecule has 1 amide bonds. The van der Waals surface area contributed by atoms with Crippen molar-refractivity contribution in [3.05, 3.63) is 48.4 Å². The molecule has 1 saturated heterocycles. The van der Waals surface area contributed by atoms with E-state index in [0.29, 0.717) is 18.9 Å². The molecule has 0 aliphatic carbocycles. The molecule has 0 aromatic heterocycles. The van der Waals surface area contributed by atoms with E-state index in [4.69, 9.17) is 4.74 Å². The molecule has 3 nitrogen and oxygen atoms in total. The number of hydrogen-bond acceptors (Lipinski definition) is 2. The van der Waals surface area contributed by atoms with Crippen LogP contribution in [-0.2, 0) is 16.0 Å². The predicted octanol–water partition coefficient (Wildman–Crippen LogP) is 3.12. The smallest absolute Gasteiger partial charge is 0.229 e. The summed E-state index contributed by atoms with van der Waals surface area (Å²) in [5.74, 6) is 0.632. The third-order valence-corrected chi connectivity index (χ3v) is 3.40. The zero-order chi connectivity index (χ0) is 13.7. The molecule has 0 N–H and O–H groups in total. The lowest BCUT2D eigenvalue weighted by Crippen LogP contribution is -2.36. The van der Waals surface area contributed by atoms with Crippen LogP contribution in [-0.4, -0.2) is 23.5 Å². The van der Waals surface area contributed by atoms with Crippen molar-refractivity contribution in [1.29, 1.82) is 0 Å². The first kappa shape index (κ1) is 13.7. The van der Waals surface area contributed by atoms with E-state index in [1.54, 1.807) is 4.90 Å². The van der Waals surface area contributed by atoms with Crippen LogP contribution >= 0.6 is 0 Å². The van der Waals surface area contributed by atoms with Gasteiger partial charge in [-0.15, -0.1) is 0 Å². The second-order valence-corrected chi connectivity index (χ2v) is 4.92. The molecule has 102 valence electrons. The highest BCUT2D eigenvalue weighted by molar-refractivity contribution is 5.78. The van der Waals surface area contributed by atoms with Crippen LogP contribution in [0.5, 0.6) is 0 Å². The van der Waals surface area contributed by atoms with Crippen LogP contribution in [0.4, 0.5) is 0 Å². The number of nitrogens with zero attached hydrogens (tertiary/aromatic N) is 1. The molecule has 0 unspecified atom stereocenters. The highest BCUT2D eigenvalue weighted by Crippen LogP contribution is 2.23. The van der Waals surface area contributed by atoms with E-state index in [1.807, 2.05) is 18.2 Å². The minimum atomic E-state index is 0.0826. The maximum absolute atomic E-state index is 12.2. The van der Waals surface area contributed by atoms with Gasteiger partial charge >= 0.3 is 0 Å². The molecule has 0 spiro atoms. The van der Waals surface area contributed by atoms with Gasteiger partial charge in [-0.1, -0.05) is 43.7 Å². The third kappa shape index (κ3) is 3.37. The van der Waals surface area contributed by atoms with E-state index in [-0.39, 0.29) is 11.9 Å². The summed E-state index contributed by atoms with van der Waals surface area (Å²) in [5, 5.41) is 0. The van der Waals surface area contributed by atoms with Gasteiger partial charge in [0.1, 0.15) is 6.61 Å². The van der Waals surface area contributed by atoms with Gasteiger partial charge < -0.3 is 4.74 Å². The Labute approximate surface area is 114 Å². The van der Waals surface area contributed by atoms with Gasteiger partial charge in [0, 0.05) is 6.42 Å². The van der Waals surface area contributed by atoms with Crippen molar-refractivity contribution in [3.63, 3.8) is 0 Å². The summed E-state index contributed by atoms with van der Waals surface area (Å²) in [6.45, 7) is 6.47.